The number of hydrogen-bond donors (Lipinski definition) is 1. The Bertz CT molecular complexity index is 509. The molecular formula is C16H30N2O3S. The first kappa shape index (κ1) is 16.7. The average molecular weight is 330 g/mol. The van der Waals surface area contributed by atoms with Crippen molar-refractivity contribution in [2.45, 2.75) is 64.9 Å². The van der Waals surface area contributed by atoms with E-state index >= 15 is 0 Å². The van der Waals surface area contributed by atoms with E-state index in [-0.39, 0.29) is 16.9 Å². The van der Waals surface area contributed by atoms with E-state index in [4.69, 9.17) is 0 Å². The molecule has 2 atom stereocenters. The molecule has 2 heterocycles. The van der Waals surface area contributed by atoms with Crippen molar-refractivity contribution < 1.29 is 13.5 Å². The molecule has 2 saturated heterocycles. The smallest absolute Gasteiger partial charge is 0.281 e. The Morgan fingerprint density at radius 3 is 2.18 bits per heavy atom. The minimum atomic E-state index is -3.37. The minimum Gasteiger partial charge on any atom is -0.392 e. The zero-order valence-corrected chi connectivity index (χ0v) is 14.7. The van der Waals surface area contributed by atoms with Crippen LogP contribution in [0.3, 0.4) is 0 Å². The van der Waals surface area contributed by atoms with Crippen LogP contribution in [0.15, 0.2) is 0 Å². The summed E-state index contributed by atoms with van der Waals surface area (Å²) in [6.07, 6.45) is 6.17. The lowest BCUT2D eigenvalue weighted by Gasteiger charge is -2.44. The fourth-order valence-electron chi connectivity index (χ4n) is 4.40. The molecule has 128 valence electrons. The summed E-state index contributed by atoms with van der Waals surface area (Å²) >= 11 is 0. The van der Waals surface area contributed by atoms with Crippen molar-refractivity contribution in [3.8, 4) is 0 Å². The summed E-state index contributed by atoms with van der Waals surface area (Å²) in [5.41, 5.74) is 0.0666. The lowest BCUT2D eigenvalue weighted by atomic mass is 9.77. The second kappa shape index (κ2) is 5.72. The van der Waals surface area contributed by atoms with Crippen LogP contribution in [-0.4, -0.2) is 54.4 Å². The fraction of sp³-hybridized carbons (Fsp3) is 1.00. The Balaban J connectivity index is 1.72. The summed E-state index contributed by atoms with van der Waals surface area (Å²) in [7, 11) is -3.37. The Kier molecular flexibility index (Phi) is 4.34. The van der Waals surface area contributed by atoms with E-state index < -0.39 is 10.2 Å². The van der Waals surface area contributed by atoms with Gasteiger partial charge in [-0.3, -0.25) is 0 Å². The van der Waals surface area contributed by atoms with Crippen molar-refractivity contribution in [1.29, 1.82) is 0 Å². The SMILES string of the molecule is CC1(C)CCN(S(=O)(=O)N2CCC[C@]3(CCCC3O)C2)CC1. The van der Waals surface area contributed by atoms with Crippen LogP contribution in [-0.2, 0) is 10.2 Å². The highest BCUT2D eigenvalue weighted by atomic mass is 32.2. The fourth-order valence-corrected chi connectivity index (χ4v) is 6.15. The van der Waals surface area contributed by atoms with Crippen LogP contribution >= 0.6 is 0 Å². The molecule has 1 spiro atoms. The molecular weight excluding hydrogens is 300 g/mol. The quantitative estimate of drug-likeness (QED) is 0.842. The van der Waals surface area contributed by atoms with Crippen molar-refractivity contribution >= 4 is 10.2 Å². The van der Waals surface area contributed by atoms with E-state index in [1.807, 2.05) is 0 Å². The van der Waals surface area contributed by atoms with Crippen LogP contribution in [0.5, 0.6) is 0 Å². The second-order valence-corrected chi connectivity index (χ2v) is 10.2. The van der Waals surface area contributed by atoms with Gasteiger partial charge in [0.15, 0.2) is 0 Å². The summed E-state index contributed by atoms with van der Waals surface area (Å²) in [6.45, 7) is 6.79. The van der Waals surface area contributed by atoms with Gasteiger partial charge in [-0.15, -0.1) is 0 Å². The van der Waals surface area contributed by atoms with Crippen LogP contribution in [0.1, 0.15) is 58.8 Å². The molecule has 0 aromatic rings. The van der Waals surface area contributed by atoms with Crippen LogP contribution in [0.25, 0.3) is 0 Å². The molecule has 0 aromatic heterocycles. The van der Waals surface area contributed by atoms with Crippen molar-refractivity contribution in [3.63, 3.8) is 0 Å². The lowest BCUT2D eigenvalue weighted by molar-refractivity contribution is 0.0108. The molecule has 5 nitrogen and oxygen atoms in total. The number of nitrogens with zero attached hydrogens (tertiary/aromatic N) is 2. The molecule has 0 amide bonds. The van der Waals surface area contributed by atoms with Gasteiger partial charge in [0.2, 0.25) is 0 Å². The number of piperidine rings is 2. The van der Waals surface area contributed by atoms with E-state index in [1.54, 1.807) is 8.61 Å². The van der Waals surface area contributed by atoms with Gasteiger partial charge in [-0.1, -0.05) is 20.3 Å². The Labute approximate surface area is 134 Å². The van der Waals surface area contributed by atoms with Gasteiger partial charge < -0.3 is 5.11 Å². The minimum absolute atomic E-state index is 0.180. The van der Waals surface area contributed by atoms with Gasteiger partial charge in [0, 0.05) is 31.6 Å². The molecule has 0 bridgehead atoms. The summed E-state index contributed by atoms with van der Waals surface area (Å²) in [5.74, 6) is 0. The maximum absolute atomic E-state index is 13.0. The summed E-state index contributed by atoms with van der Waals surface area (Å²) in [4.78, 5) is 0. The predicted molar refractivity (Wildman–Crippen MR) is 86.6 cm³/mol. The predicted octanol–water partition coefficient (Wildman–Crippen LogP) is 1.98. The number of hydrogen-bond acceptors (Lipinski definition) is 3. The first-order valence-electron chi connectivity index (χ1n) is 8.69. The van der Waals surface area contributed by atoms with Gasteiger partial charge in [-0.05, 0) is 43.9 Å². The van der Waals surface area contributed by atoms with E-state index in [9.17, 15) is 13.5 Å². The molecule has 2 aliphatic heterocycles. The molecule has 3 aliphatic rings. The van der Waals surface area contributed by atoms with Crippen LogP contribution in [0.2, 0.25) is 0 Å². The zero-order valence-electron chi connectivity index (χ0n) is 13.9. The Hall–Kier alpha value is -0.170. The van der Waals surface area contributed by atoms with Gasteiger partial charge in [0.25, 0.3) is 10.2 Å². The molecule has 0 radical (unpaired) electrons. The molecule has 3 rings (SSSR count). The summed E-state index contributed by atoms with van der Waals surface area (Å²) in [6, 6.07) is 0. The highest BCUT2D eigenvalue weighted by Gasteiger charge is 2.48. The largest absolute Gasteiger partial charge is 0.392 e. The highest BCUT2D eigenvalue weighted by molar-refractivity contribution is 7.86. The lowest BCUT2D eigenvalue weighted by Crippen LogP contribution is -2.55. The van der Waals surface area contributed by atoms with Crippen molar-refractivity contribution in [1.82, 2.24) is 8.61 Å². The first-order valence-corrected chi connectivity index (χ1v) is 10.1. The molecule has 6 heteroatoms. The van der Waals surface area contributed by atoms with Gasteiger partial charge in [0.05, 0.1) is 6.10 Å². The third-order valence-electron chi connectivity index (χ3n) is 6.16. The van der Waals surface area contributed by atoms with Crippen molar-refractivity contribution in [2.24, 2.45) is 10.8 Å². The van der Waals surface area contributed by atoms with Crippen LogP contribution in [0.4, 0.5) is 0 Å². The molecule has 1 aliphatic carbocycles. The third-order valence-corrected chi connectivity index (χ3v) is 8.14. The first-order chi connectivity index (χ1) is 10.3. The highest BCUT2D eigenvalue weighted by Crippen LogP contribution is 2.46. The third kappa shape index (κ3) is 2.95. The van der Waals surface area contributed by atoms with Gasteiger partial charge in [0.1, 0.15) is 0 Å². The Morgan fingerprint density at radius 1 is 0.955 bits per heavy atom. The zero-order chi connectivity index (χ0) is 16.0. The maximum atomic E-state index is 13.0. The standard InChI is InChI=1S/C16H30N2O3S/c1-15(2)8-11-17(12-9-15)22(20,21)18-10-4-7-16(13-18)6-3-5-14(16)19/h14,19H,3-13H2,1-2H3/t14?,16-/m1/s1. The maximum Gasteiger partial charge on any atom is 0.281 e. The van der Waals surface area contributed by atoms with Crippen LogP contribution < -0.4 is 0 Å². The monoisotopic (exact) mass is 330 g/mol. The summed E-state index contributed by atoms with van der Waals surface area (Å²) in [5, 5.41) is 10.3. The molecule has 3 fully saturated rings. The van der Waals surface area contributed by atoms with Gasteiger partial charge in [-0.2, -0.15) is 17.0 Å². The molecule has 1 saturated carbocycles. The molecule has 1 unspecified atom stereocenters. The van der Waals surface area contributed by atoms with E-state index in [0.29, 0.717) is 26.2 Å². The van der Waals surface area contributed by atoms with Crippen molar-refractivity contribution in [3.05, 3.63) is 0 Å². The van der Waals surface area contributed by atoms with E-state index in [1.165, 1.54) is 0 Å². The Morgan fingerprint density at radius 2 is 1.59 bits per heavy atom. The molecule has 22 heavy (non-hydrogen) atoms. The number of aliphatic hydroxyl groups is 1. The van der Waals surface area contributed by atoms with E-state index in [2.05, 4.69) is 13.8 Å². The van der Waals surface area contributed by atoms with Crippen molar-refractivity contribution in [2.75, 3.05) is 26.2 Å². The number of aliphatic hydroxyl groups excluding tert-OH is 1. The summed E-state index contributed by atoms with van der Waals surface area (Å²) < 4.78 is 29.3. The topological polar surface area (TPSA) is 60.9 Å². The normalized spacial score (nSPS) is 37.7. The van der Waals surface area contributed by atoms with Gasteiger partial charge in [-0.25, -0.2) is 0 Å². The van der Waals surface area contributed by atoms with Crippen LogP contribution in [0, 0.1) is 10.8 Å². The average Bonchev–Trinajstić information content (AvgIpc) is 2.79. The number of rotatable bonds is 2. The van der Waals surface area contributed by atoms with E-state index in [0.717, 1.165) is 44.9 Å². The molecule has 1 N–H and O–H groups in total. The van der Waals surface area contributed by atoms with Gasteiger partial charge >= 0.3 is 0 Å². The molecule has 0 aromatic carbocycles. The second-order valence-electron chi connectivity index (χ2n) is 8.28.